The van der Waals surface area contributed by atoms with Crippen LogP contribution in [0.25, 0.3) is 0 Å². The minimum Gasteiger partial charge on any atom is -0.304 e. The Balaban J connectivity index is 0.00000169. The number of carbonyl (C=O) groups excluding carboxylic acids is 1. The van der Waals surface area contributed by atoms with Crippen molar-refractivity contribution in [1.29, 1.82) is 0 Å². The van der Waals surface area contributed by atoms with Gasteiger partial charge in [-0.25, -0.2) is 0 Å². The fourth-order valence-corrected chi connectivity index (χ4v) is 1.26. The summed E-state index contributed by atoms with van der Waals surface area (Å²) in [5, 5.41) is 3.12. The first-order chi connectivity index (χ1) is 6.25. The Labute approximate surface area is 79.7 Å². The molecule has 72 valence electrons. The van der Waals surface area contributed by atoms with E-state index in [1.807, 2.05) is 19.1 Å². The predicted octanol–water partition coefficient (Wildman–Crippen LogP) is 1.57. The Morgan fingerprint density at radius 1 is 1.62 bits per heavy atom. The van der Waals surface area contributed by atoms with E-state index in [-0.39, 0.29) is 13.3 Å². The lowest BCUT2D eigenvalue weighted by molar-refractivity contribution is -0.119. The zero-order valence-electron chi connectivity index (χ0n) is 7.95. The molecule has 1 rings (SSSR count). The summed E-state index contributed by atoms with van der Waals surface area (Å²) in [4.78, 5) is 15.2. The van der Waals surface area contributed by atoms with Crippen LogP contribution in [-0.2, 0) is 4.79 Å². The van der Waals surface area contributed by atoms with Crippen molar-refractivity contribution in [1.82, 2.24) is 10.3 Å². The van der Waals surface area contributed by atoms with Gasteiger partial charge >= 0.3 is 0 Å². The highest BCUT2D eigenvalue weighted by Crippen LogP contribution is 2.11. The molecule has 3 nitrogen and oxygen atoms in total. The van der Waals surface area contributed by atoms with E-state index in [2.05, 4.69) is 10.3 Å². The van der Waals surface area contributed by atoms with Gasteiger partial charge in [0.05, 0.1) is 6.04 Å². The lowest BCUT2D eigenvalue weighted by atomic mass is 10.1. The summed E-state index contributed by atoms with van der Waals surface area (Å²) in [5.41, 5.74) is 0.976. The van der Waals surface area contributed by atoms with Crippen LogP contribution >= 0.6 is 0 Å². The van der Waals surface area contributed by atoms with Crippen molar-refractivity contribution >= 4 is 5.78 Å². The number of Topliss-reactive ketones (excluding diaryl/α,β-unsaturated/α-hetero) is 1. The van der Waals surface area contributed by atoms with Crippen molar-refractivity contribution in [3.05, 3.63) is 30.1 Å². The Kier molecular flexibility index (Phi) is 3.58. The molecule has 0 bridgehead atoms. The van der Waals surface area contributed by atoms with E-state index in [0.29, 0.717) is 0 Å². The zero-order valence-corrected chi connectivity index (χ0v) is 7.95. The third-order valence-corrected chi connectivity index (χ3v) is 1.85. The molecule has 0 aliphatic rings. The molecule has 0 aromatic carbocycles. The average Bonchev–Trinajstić information content (AvgIpc) is 2.15. The molecule has 1 aromatic rings. The molecule has 0 fully saturated rings. The topological polar surface area (TPSA) is 42.0 Å². The summed E-state index contributed by atoms with van der Waals surface area (Å²) in [6, 6.07) is 3.52. The van der Waals surface area contributed by atoms with Gasteiger partial charge in [-0.15, -0.1) is 0 Å². The molecule has 0 saturated carbocycles. The molecular formula is C10H16N2O. The number of rotatable bonds is 4. The summed E-state index contributed by atoms with van der Waals surface area (Å²) in [7, 11) is 0. The van der Waals surface area contributed by atoms with E-state index < -0.39 is 0 Å². The van der Waals surface area contributed by atoms with Crippen LogP contribution in [-0.4, -0.2) is 17.3 Å². The highest BCUT2D eigenvalue weighted by Gasteiger charge is 2.13. The molecule has 1 heterocycles. The van der Waals surface area contributed by atoms with Crippen molar-refractivity contribution < 1.29 is 6.22 Å². The van der Waals surface area contributed by atoms with Crippen LogP contribution in [0.5, 0.6) is 0 Å². The van der Waals surface area contributed by atoms with E-state index in [9.17, 15) is 4.79 Å². The smallest absolute Gasteiger partial charge is 0.151 e. The van der Waals surface area contributed by atoms with Crippen molar-refractivity contribution in [3.8, 4) is 0 Å². The van der Waals surface area contributed by atoms with E-state index in [4.69, 9.17) is 0 Å². The number of nitrogens with zero attached hydrogens (tertiary/aromatic N) is 1. The minimum atomic E-state index is -0.187. The fourth-order valence-electron chi connectivity index (χ4n) is 1.26. The quantitative estimate of drug-likeness (QED) is 0.764. The molecule has 1 atom stereocenters. The lowest BCUT2D eigenvalue weighted by Gasteiger charge is -2.14. The third-order valence-electron chi connectivity index (χ3n) is 1.85. The number of likely N-dealkylation sites (N-methyl/N-ethyl adjacent to an activating group) is 1. The number of carbonyl (C=O) groups is 1. The molecule has 0 radical (unpaired) electrons. The molecule has 3 heteroatoms. The monoisotopic (exact) mass is 180 g/mol. The number of pyridine rings is 1. The highest BCUT2D eigenvalue weighted by atomic mass is 16.1. The summed E-state index contributed by atoms with van der Waals surface area (Å²) < 4.78 is 0. The van der Waals surface area contributed by atoms with Crippen LogP contribution in [0, 0.1) is 0 Å². The maximum atomic E-state index is 11.3. The first kappa shape index (κ1) is 9.86. The first-order valence-corrected chi connectivity index (χ1v) is 4.39. The van der Waals surface area contributed by atoms with Gasteiger partial charge < -0.3 is 5.32 Å². The normalized spacial score (nSPS) is 12.5. The maximum absolute atomic E-state index is 11.3. The Hall–Kier alpha value is -1.22. The van der Waals surface area contributed by atoms with Crippen LogP contribution < -0.4 is 5.32 Å². The second kappa shape index (κ2) is 4.72. The van der Waals surface area contributed by atoms with Crippen LogP contribution in [0.1, 0.15) is 26.9 Å². The van der Waals surface area contributed by atoms with Gasteiger partial charge in [-0.3, -0.25) is 9.78 Å². The maximum Gasteiger partial charge on any atom is 0.151 e. The van der Waals surface area contributed by atoms with E-state index in [1.165, 1.54) is 0 Å². The Bertz CT molecular complexity index is 277. The van der Waals surface area contributed by atoms with Gasteiger partial charge in [-0.05, 0) is 31.2 Å². The number of hydrogen-bond donors (Lipinski definition) is 1. The van der Waals surface area contributed by atoms with Crippen LogP contribution in [0.3, 0.4) is 0 Å². The molecule has 1 N–H and O–H groups in total. The van der Waals surface area contributed by atoms with Crippen molar-refractivity contribution in [3.63, 3.8) is 0 Å². The molecule has 0 amide bonds. The first-order valence-electron chi connectivity index (χ1n) is 4.39. The summed E-state index contributed by atoms with van der Waals surface area (Å²) in [6.45, 7) is 4.36. The molecule has 1 aromatic heterocycles. The summed E-state index contributed by atoms with van der Waals surface area (Å²) in [5.74, 6) is 0.132. The van der Waals surface area contributed by atoms with Gasteiger partial charge in [-0.1, -0.05) is 6.92 Å². The molecule has 0 saturated heterocycles. The second-order valence-corrected chi connectivity index (χ2v) is 2.88. The standard InChI is InChI=1S/C10H14N2O.H2/c1-3-12-10(8(2)13)9-4-6-11-7-5-9;/h4-7,10,12H,3H2,1-2H3;1H. The number of hydrogen-bond acceptors (Lipinski definition) is 3. The predicted molar refractivity (Wildman–Crippen MR) is 53.4 cm³/mol. The van der Waals surface area contributed by atoms with E-state index in [1.54, 1.807) is 19.3 Å². The van der Waals surface area contributed by atoms with E-state index >= 15 is 0 Å². The van der Waals surface area contributed by atoms with Crippen LogP contribution in [0.2, 0.25) is 0 Å². The van der Waals surface area contributed by atoms with E-state index in [0.717, 1.165) is 12.1 Å². The SMILES string of the molecule is CCNC(C(C)=O)c1ccncc1.[HH]. The minimum absolute atomic E-state index is 0. The van der Waals surface area contributed by atoms with Crippen molar-refractivity contribution in [2.24, 2.45) is 0 Å². The molecule has 0 aliphatic carbocycles. The second-order valence-electron chi connectivity index (χ2n) is 2.88. The van der Waals surface area contributed by atoms with Crippen LogP contribution in [0.15, 0.2) is 24.5 Å². The molecule has 13 heavy (non-hydrogen) atoms. The summed E-state index contributed by atoms with van der Waals surface area (Å²) >= 11 is 0. The molecule has 0 spiro atoms. The average molecular weight is 180 g/mol. The lowest BCUT2D eigenvalue weighted by Crippen LogP contribution is -2.26. The highest BCUT2D eigenvalue weighted by molar-refractivity contribution is 5.82. The fraction of sp³-hybridized carbons (Fsp3) is 0.400. The number of aromatic nitrogens is 1. The molecule has 0 aliphatic heterocycles. The zero-order chi connectivity index (χ0) is 9.68. The van der Waals surface area contributed by atoms with Gasteiger partial charge in [-0.2, -0.15) is 0 Å². The van der Waals surface area contributed by atoms with Gasteiger partial charge in [0.2, 0.25) is 0 Å². The van der Waals surface area contributed by atoms with Crippen molar-refractivity contribution in [2.75, 3.05) is 6.54 Å². The number of ketones is 1. The van der Waals surface area contributed by atoms with Crippen molar-refractivity contribution in [2.45, 2.75) is 19.9 Å². The largest absolute Gasteiger partial charge is 0.304 e. The summed E-state index contributed by atoms with van der Waals surface area (Å²) in [6.07, 6.45) is 3.39. The van der Waals surface area contributed by atoms with Gasteiger partial charge in [0.25, 0.3) is 0 Å². The Morgan fingerprint density at radius 2 is 2.23 bits per heavy atom. The Morgan fingerprint density at radius 3 is 2.69 bits per heavy atom. The molecule has 1 unspecified atom stereocenters. The van der Waals surface area contributed by atoms with Gasteiger partial charge in [0, 0.05) is 13.8 Å². The van der Waals surface area contributed by atoms with Gasteiger partial charge in [0.1, 0.15) is 0 Å². The third kappa shape index (κ3) is 2.63. The van der Waals surface area contributed by atoms with Crippen LogP contribution in [0.4, 0.5) is 0 Å². The van der Waals surface area contributed by atoms with Gasteiger partial charge in [0.15, 0.2) is 5.78 Å². The molecular weight excluding hydrogens is 164 g/mol. The number of nitrogens with one attached hydrogen (secondary N) is 1.